The number of rotatable bonds is 3. The Morgan fingerprint density at radius 3 is 2.55 bits per heavy atom. The number of benzene rings is 1. The van der Waals surface area contributed by atoms with E-state index >= 15 is 0 Å². The monoisotopic (exact) mass is 295 g/mol. The molecule has 1 atom stereocenters. The lowest BCUT2D eigenvalue weighted by Crippen LogP contribution is -2.32. The fourth-order valence-corrected chi connectivity index (χ4v) is 2.62. The van der Waals surface area contributed by atoms with Crippen LogP contribution >= 0.6 is 0 Å². The van der Waals surface area contributed by atoms with Gasteiger partial charge in [0, 0.05) is 18.3 Å². The first-order valence-corrected chi connectivity index (χ1v) is 7.26. The van der Waals surface area contributed by atoms with Crippen LogP contribution in [0.25, 0.3) is 0 Å². The molecule has 0 saturated carbocycles. The van der Waals surface area contributed by atoms with Crippen molar-refractivity contribution in [1.29, 1.82) is 0 Å². The number of nitrogens with zero attached hydrogens (tertiary/aromatic N) is 3. The average molecular weight is 295 g/mol. The third kappa shape index (κ3) is 2.74. The van der Waals surface area contributed by atoms with Crippen LogP contribution in [0.4, 0.5) is 5.95 Å². The lowest BCUT2D eigenvalue weighted by Gasteiger charge is -2.13. The lowest BCUT2D eigenvalue weighted by atomic mass is 9.97. The number of carbonyl (C=O) groups is 2. The minimum Gasteiger partial charge on any atom is -0.274 e. The number of carbonyl (C=O) groups excluding carboxylic acids is 2. The van der Waals surface area contributed by atoms with Crippen molar-refractivity contribution >= 4 is 17.8 Å². The van der Waals surface area contributed by atoms with E-state index in [4.69, 9.17) is 0 Å². The highest BCUT2D eigenvalue weighted by Crippen LogP contribution is 2.26. The molecule has 5 nitrogen and oxygen atoms in total. The molecule has 0 N–H and O–H groups in total. The second kappa shape index (κ2) is 5.67. The van der Waals surface area contributed by atoms with Crippen molar-refractivity contribution in [3.63, 3.8) is 0 Å². The number of hydrogen-bond acceptors (Lipinski definition) is 4. The van der Waals surface area contributed by atoms with E-state index in [1.807, 2.05) is 31.2 Å². The summed E-state index contributed by atoms with van der Waals surface area (Å²) in [6.07, 6.45) is 2.34. The summed E-state index contributed by atoms with van der Waals surface area (Å²) in [5.74, 6) is -0.593. The molecular weight excluding hydrogens is 278 g/mol. The van der Waals surface area contributed by atoms with Crippen LogP contribution in [0.15, 0.2) is 36.5 Å². The minimum absolute atomic E-state index is 0.182. The second-order valence-electron chi connectivity index (χ2n) is 5.66. The molecular formula is C17H17N3O2. The third-order valence-corrected chi connectivity index (χ3v) is 3.82. The van der Waals surface area contributed by atoms with Gasteiger partial charge in [0.2, 0.25) is 17.8 Å². The quantitative estimate of drug-likeness (QED) is 0.814. The van der Waals surface area contributed by atoms with E-state index in [-0.39, 0.29) is 30.1 Å². The predicted octanol–water partition coefficient (Wildman–Crippen LogP) is 2.22. The van der Waals surface area contributed by atoms with Crippen LogP contribution in [-0.4, -0.2) is 21.8 Å². The summed E-state index contributed by atoms with van der Waals surface area (Å²) in [6.45, 7) is 3.82. The van der Waals surface area contributed by atoms with E-state index < -0.39 is 0 Å². The normalized spacial score (nSPS) is 18.1. The summed E-state index contributed by atoms with van der Waals surface area (Å²) in [7, 11) is 0. The second-order valence-corrected chi connectivity index (χ2v) is 5.66. The molecule has 0 spiro atoms. The Labute approximate surface area is 129 Å². The summed E-state index contributed by atoms with van der Waals surface area (Å²) in [5.41, 5.74) is 2.96. The number of aryl methyl sites for hydroxylation is 2. The van der Waals surface area contributed by atoms with Gasteiger partial charge < -0.3 is 0 Å². The van der Waals surface area contributed by atoms with Crippen LogP contribution in [-0.2, 0) is 16.0 Å². The van der Waals surface area contributed by atoms with Gasteiger partial charge in [-0.1, -0.05) is 29.8 Å². The maximum atomic E-state index is 12.5. The smallest absolute Gasteiger partial charge is 0.240 e. The fourth-order valence-electron chi connectivity index (χ4n) is 2.62. The molecule has 3 rings (SSSR count). The topological polar surface area (TPSA) is 63.2 Å². The van der Waals surface area contributed by atoms with E-state index in [0.717, 1.165) is 16.2 Å². The molecule has 1 aliphatic heterocycles. The van der Waals surface area contributed by atoms with Gasteiger partial charge in [0.1, 0.15) is 0 Å². The maximum Gasteiger partial charge on any atom is 0.240 e. The van der Waals surface area contributed by atoms with Gasteiger partial charge >= 0.3 is 0 Å². The van der Waals surface area contributed by atoms with Crippen LogP contribution in [0.3, 0.4) is 0 Å². The van der Waals surface area contributed by atoms with Crippen LogP contribution in [0.2, 0.25) is 0 Å². The number of imide groups is 1. The van der Waals surface area contributed by atoms with Gasteiger partial charge in [-0.2, -0.15) is 0 Å². The highest BCUT2D eigenvalue weighted by Gasteiger charge is 2.40. The van der Waals surface area contributed by atoms with Gasteiger partial charge in [0.25, 0.3) is 0 Å². The van der Waals surface area contributed by atoms with E-state index in [1.165, 1.54) is 5.56 Å². The van der Waals surface area contributed by atoms with Crippen molar-refractivity contribution in [3.05, 3.63) is 53.3 Å². The summed E-state index contributed by atoms with van der Waals surface area (Å²) in [5, 5.41) is 0. The number of aromatic nitrogens is 2. The first-order valence-electron chi connectivity index (χ1n) is 7.26. The Balaban J connectivity index is 1.81. The Morgan fingerprint density at radius 2 is 1.86 bits per heavy atom. The standard InChI is InChI=1S/C17H17N3O2/c1-11-3-5-13(6-4-11)9-14-10-15(21)20(16(14)22)17-18-8-7-12(2)19-17/h3-8,14H,9-10H2,1-2H3. The van der Waals surface area contributed by atoms with Crippen LogP contribution in [0.5, 0.6) is 0 Å². The first-order chi connectivity index (χ1) is 10.5. The molecule has 2 aromatic rings. The van der Waals surface area contributed by atoms with Crippen LogP contribution in [0.1, 0.15) is 23.2 Å². The molecule has 2 amide bonds. The van der Waals surface area contributed by atoms with E-state index in [2.05, 4.69) is 9.97 Å². The Bertz CT molecular complexity index is 725. The van der Waals surface area contributed by atoms with Gasteiger partial charge in [0.15, 0.2) is 0 Å². The molecule has 2 heterocycles. The van der Waals surface area contributed by atoms with Gasteiger partial charge in [-0.3, -0.25) is 9.59 Å². The van der Waals surface area contributed by atoms with Crippen molar-refractivity contribution in [2.75, 3.05) is 4.90 Å². The number of anilines is 1. The summed E-state index contributed by atoms with van der Waals surface area (Å²) in [4.78, 5) is 34.0. The molecule has 112 valence electrons. The van der Waals surface area contributed by atoms with Crippen molar-refractivity contribution in [2.45, 2.75) is 26.7 Å². The van der Waals surface area contributed by atoms with E-state index in [9.17, 15) is 9.59 Å². The minimum atomic E-state index is -0.334. The van der Waals surface area contributed by atoms with Crippen molar-refractivity contribution in [1.82, 2.24) is 9.97 Å². The molecule has 1 aromatic carbocycles. The molecule has 1 aromatic heterocycles. The first kappa shape index (κ1) is 14.4. The third-order valence-electron chi connectivity index (χ3n) is 3.82. The Hall–Kier alpha value is -2.56. The van der Waals surface area contributed by atoms with Crippen molar-refractivity contribution in [2.24, 2.45) is 5.92 Å². The molecule has 0 radical (unpaired) electrons. The van der Waals surface area contributed by atoms with E-state index in [0.29, 0.717) is 6.42 Å². The largest absolute Gasteiger partial charge is 0.274 e. The summed E-state index contributed by atoms with van der Waals surface area (Å²) in [6, 6.07) is 9.76. The maximum absolute atomic E-state index is 12.5. The highest BCUT2D eigenvalue weighted by atomic mass is 16.2. The van der Waals surface area contributed by atoms with Crippen molar-refractivity contribution < 1.29 is 9.59 Å². The lowest BCUT2D eigenvalue weighted by molar-refractivity contribution is -0.122. The van der Waals surface area contributed by atoms with Crippen LogP contribution in [0, 0.1) is 19.8 Å². The zero-order valence-electron chi connectivity index (χ0n) is 12.6. The van der Waals surface area contributed by atoms with Crippen LogP contribution < -0.4 is 4.90 Å². The van der Waals surface area contributed by atoms with Crippen molar-refractivity contribution in [3.8, 4) is 0 Å². The van der Waals surface area contributed by atoms with Gasteiger partial charge in [0.05, 0.1) is 5.92 Å². The predicted molar refractivity (Wildman–Crippen MR) is 82.3 cm³/mol. The fraction of sp³-hybridized carbons (Fsp3) is 0.294. The molecule has 0 aliphatic carbocycles. The molecule has 1 saturated heterocycles. The summed E-state index contributed by atoms with van der Waals surface area (Å²) < 4.78 is 0. The molecule has 22 heavy (non-hydrogen) atoms. The Kier molecular flexibility index (Phi) is 3.71. The number of hydrogen-bond donors (Lipinski definition) is 0. The molecule has 0 bridgehead atoms. The van der Waals surface area contributed by atoms with E-state index in [1.54, 1.807) is 19.2 Å². The van der Waals surface area contributed by atoms with Gasteiger partial charge in [-0.25, -0.2) is 14.9 Å². The zero-order chi connectivity index (χ0) is 15.7. The van der Waals surface area contributed by atoms with Gasteiger partial charge in [-0.05, 0) is 31.9 Å². The molecule has 1 unspecified atom stereocenters. The summed E-state index contributed by atoms with van der Waals surface area (Å²) >= 11 is 0. The van der Waals surface area contributed by atoms with Gasteiger partial charge in [-0.15, -0.1) is 0 Å². The molecule has 1 aliphatic rings. The molecule has 5 heteroatoms. The zero-order valence-corrected chi connectivity index (χ0v) is 12.6. The Morgan fingerprint density at radius 1 is 1.14 bits per heavy atom. The number of amides is 2. The molecule has 1 fully saturated rings. The SMILES string of the molecule is Cc1ccc(CC2CC(=O)N(c3nccc(C)n3)C2=O)cc1. The highest BCUT2D eigenvalue weighted by molar-refractivity contribution is 6.20. The average Bonchev–Trinajstić information content (AvgIpc) is 2.76.